The van der Waals surface area contributed by atoms with Gasteiger partial charge in [0.15, 0.2) is 0 Å². The second-order valence-electron chi connectivity index (χ2n) is 6.91. The number of hydrogen-bond acceptors (Lipinski definition) is 3. The quantitative estimate of drug-likeness (QED) is 0.841. The van der Waals surface area contributed by atoms with E-state index in [2.05, 4.69) is 12.2 Å². The van der Waals surface area contributed by atoms with E-state index in [0.717, 1.165) is 44.9 Å². The first-order chi connectivity index (χ1) is 10.0. The Bertz CT molecular complexity index is 431. The van der Waals surface area contributed by atoms with Crippen LogP contribution in [0.2, 0.25) is 0 Å². The fourth-order valence-corrected chi connectivity index (χ4v) is 3.96. The zero-order valence-electron chi connectivity index (χ0n) is 13.1. The smallest absolute Gasteiger partial charge is 0.249 e. The summed E-state index contributed by atoms with van der Waals surface area (Å²) in [5.41, 5.74) is -0.633. The van der Waals surface area contributed by atoms with Crippen LogP contribution in [0.4, 0.5) is 0 Å². The molecule has 1 saturated carbocycles. The van der Waals surface area contributed by atoms with Crippen LogP contribution in [0.25, 0.3) is 0 Å². The maximum absolute atomic E-state index is 13.0. The standard InChI is InChI=1S/C16H26N2O3/c1-11-6-7-13(21-11)10-18-12(2)14(19)17-16(15(18)20)8-4-3-5-9-16/h11-13H,3-10H2,1-2H3,(H,17,19). The molecule has 5 nitrogen and oxygen atoms in total. The molecule has 3 rings (SSSR count). The van der Waals surface area contributed by atoms with Crippen molar-refractivity contribution in [3.8, 4) is 0 Å². The Morgan fingerprint density at radius 3 is 2.52 bits per heavy atom. The van der Waals surface area contributed by atoms with E-state index in [1.165, 1.54) is 0 Å². The number of carbonyl (C=O) groups excluding carboxylic acids is 2. The van der Waals surface area contributed by atoms with E-state index in [9.17, 15) is 9.59 Å². The molecule has 3 atom stereocenters. The average Bonchev–Trinajstić information content (AvgIpc) is 2.88. The summed E-state index contributed by atoms with van der Waals surface area (Å²) in [6.45, 7) is 4.44. The molecule has 0 radical (unpaired) electrons. The summed E-state index contributed by atoms with van der Waals surface area (Å²) in [6.07, 6.45) is 7.12. The van der Waals surface area contributed by atoms with E-state index in [1.54, 1.807) is 4.90 Å². The van der Waals surface area contributed by atoms with Gasteiger partial charge in [-0.25, -0.2) is 0 Å². The Labute approximate surface area is 126 Å². The van der Waals surface area contributed by atoms with Crippen LogP contribution in [-0.4, -0.2) is 47.0 Å². The summed E-state index contributed by atoms with van der Waals surface area (Å²) in [6, 6.07) is -0.385. The Morgan fingerprint density at radius 2 is 1.90 bits per heavy atom. The first kappa shape index (κ1) is 14.8. The van der Waals surface area contributed by atoms with Gasteiger partial charge in [-0.15, -0.1) is 0 Å². The van der Waals surface area contributed by atoms with Gasteiger partial charge in [0.05, 0.1) is 12.2 Å². The van der Waals surface area contributed by atoms with Crippen molar-refractivity contribution in [3.05, 3.63) is 0 Å². The number of amides is 2. The molecule has 21 heavy (non-hydrogen) atoms. The Hall–Kier alpha value is -1.10. The number of piperazine rings is 1. The van der Waals surface area contributed by atoms with Gasteiger partial charge in [-0.1, -0.05) is 19.3 Å². The molecule has 1 N–H and O–H groups in total. The highest BCUT2D eigenvalue weighted by Crippen LogP contribution is 2.34. The topological polar surface area (TPSA) is 58.6 Å². The molecule has 2 amide bonds. The summed E-state index contributed by atoms with van der Waals surface area (Å²) in [5, 5.41) is 3.02. The summed E-state index contributed by atoms with van der Waals surface area (Å²) in [5.74, 6) is 0.0972. The summed E-state index contributed by atoms with van der Waals surface area (Å²) in [4.78, 5) is 27.1. The maximum atomic E-state index is 13.0. The predicted molar refractivity (Wildman–Crippen MR) is 78.7 cm³/mol. The van der Waals surface area contributed by atoms with Crippen LogP contribution in [0, 0.1) is 0 Å². The van der Waals surface area contributed by atoms with E-state index < -0.39 is 5.54 Å². The molecule has 1 aliphatic carbocycles. The third-order valence-corrected chi connectivity index (χ3v) is 5.31. The highest BCUT2D eigenvalue weighted by Gasteiger charge is 2.50. The van der Waals surface area contributed by atoms with E-state index in [-0.39, 0.29) is 30.1 Å². The first-order valence-corrected chi connectivity index (χ1v) is 8.30. The van der Waals surface area contributed by atoms with Crippen molar-refractivity contribution in [1.82, 2.24) is 10.2 Å². The highest BCUT2D eigenvalue weighted by atomic mass is 16.5. The van der Waals surface area contributed by atoms with Crippen LogP contribution in [0.1, 0.15) is 58.8 Å². The van der Waals surface area contributed by atoms with Crippen LogP contribution >= 0.6 is 0 Å². The van der Waals surface area contributed by atoms with Gasteiger partial charge in [0.1, 0.15) is 11.6 Å². The minimum absolute atomic E-state index is 0.0115. The van der Waals surface area contributed by atoms with Crippen molar-refractivity contribution >= 4 is 11.8 Å². The predicted octanol–water partition coefficient (Wildman–Crippen LogP) is 1.60. The fourth-order valence-electron chi connectivity index (χ4n) is 3.96. The molecular weight excluding hydrogens is 268 g/mol. The molecule has 0 aromatic rings. The largest absolute Gasteiger partial charge is 0.373 e. The van der Waals surface area contributed by atoms with Crippen LogP contribution < -0.4 is 5.32 Å². The SMILES string of the molecule is CC1CCC(CN2C(=O)C3(CCCCC3)NC(=O)C2C)O1. The van der Waals surface area contributed by atoms with Crippen LogP contribution in [0.3, 0.4) is 0 Å². The number of nitrogens with zero attached hydrogens (tertiary/aromatic N) is 1. The van der Waals surface area contributed by atoms with Crippen LogP contribution in [-0.2, 0) is 14.3 Å². The van der Waals surface area contributed by atoms with Crippen molar-refractivity contribution in [2.24, 2.45) is 0 Å². The van der Waals surface area contributed by atoms with Gasteiger partial charge < -0.3 is 15.0 Å². The van der Waals surface area contributed by atoms with E-state index in [0.29, 0.717) is 6.54 Å². The van der Waals surface area contributed by atoms with Crippen LogP contribution in [0.5, 0.6) is 0 Å². The molecule has 0 bridgehead atoms. The molecule has 0 aromatic heterocycles. The van der Waals surface area contributed by atoms with Gasteiger partial charge in [0.25, 0.3) is 0 Å². The number of ether oxygens (including phenoxy) is 1. The number of nitrogens with one attached hydrogen (secondary N) is 1. The lowest BCUT2D eigenvalue weighted by atomic mass is 9.78. The van der Waals surface area contributed by atoms with E-state index in [1.807, 2.05) is 6.92 Å². The highest BCUT2D eigenvalue weighted by molar-refractivity contribution is 5.99. The van der Waals surface area contributed by atoms with Crippen molar-refractivity contribution < 1.29 is 14.3 Å². The number of rotatable bonds is 2. The minimum atomic E-state index is -0.633. The van der Waals surface area contributed by atoms with Gasteiger partial charge in [-0.05, 0) is 39.5 Å². The number of hydrogen-bond donors (Lipinski definition) is 1. The molecule has 3 aliphatic rings. The van der Waals surface area contributed by atoms with E-state index >= 15 is 0 Å². The molecule has 118 valence electrons. The number of carbonyl (C=O) groups is 2. The minimum Gasteiger partial charge on any atom is -0.373 e. The average molecular weight is 294 g/mol. The van der Waals surface area contributed by atoms with Crippen molar-refractivity contribution in [2.75, 3.05) is 6.54 Å². The Balaban J connectivity index is 1.76. The maximum Gasteiger partial charge on any atom is 0.249 e. The normalized spacial score (nSPS) is 36.1. The third-order valence-electron chi connectivity index (χ3n) is 5.31. The van der Waals surface area contributed by atoms with Crippen LogP contribution in [0.15, 0.2) is 0 Å². The lowest BCUT2D eigenvalue weighted by Crippen LogP contribution is -2.70. The van der Waals surface area contributed by atoms with Crippen molar-refractivity contribution in [3.63, 3.8) is 0 Å². The molecule has 3 fully saturated rings. The van der Waals surface area contributed by atoms with Gasteiger partial charge >= 0.3 is 0 Å². The molecule has 3 unspecified atom stereocenters. The molecule has 1 spiro atoms. The summed E-state index contributed by atoms with van der Waals surface area (Å²) >= 11 is 0. The molecule has 2 aliphatic heterocycles. The molecule has 0 aromatic carbocycles. The molecular formula is C16H26N2O3. The molecule has 2 saturated heterocycles. The lowest BCUT2D eigenvalue weighted by molar-refractivity contribution is -0.158. The third kappa shape index (κ3) is 2.68. The lowest BCUT2D eigenvalue weighted by Gasteiger charge is -2.47. The fraction of sp³-hybridized carbons (Fsp3) is 0.875. The monoisotopic (exact) mass is 294 g/mol. The molecule has 2 heterocycles. The zero-order valence-corrected chi connectivity index (χ0v) is 13.1. The van der Waals surface area contributed by atoms with Crippen molar-refractivity contribution in [2.45, 2.75) is 82.6 Å². The van der Waals surface area contributed by atoms with Crippen molar-refractivity contribution in [1.29, 1.82) is 0 Å². The second kappa shape index (κ2) is 5.59. The summed E-state index contributed by atoms with van der Waals surface area (Å²) < 4.78 is 5.85. The van der Waals surface area contributed by atoms with Gasteiger partial charge in [0, 0.05) is 6.54 Å². The Kier molecular flexibility index (Phi) is 3.95. The molecule has 5 heteroatoms. The second-order valence-corrected chi connectivity index (χ2v) is 6.91. The zero-order chi connectivity index (χ0) is 15.0. The first-order valence-electron chi connectivity index (χ1n) is 8.30. The van der Waals surface area contributed by atoms with Gasteiger partial charge in [-0.2, -0.15) is 0 Å². The van der Waals surface area contributed by atoms with E-state index in [4.69, 9.17) is 4.74 Å². The Morgan fingerprint density at radius 1 is 1.19 bits per heavy atom. The summed E-state index contributed by atoms with van der Waals surface area (Å²) in [7, 11) is 0. The van der Waals surface area contributed by atoms with Gasteiger partial charge in [-0.3, -0.25) is 9.59 Å². The van der Waals surface area contributed by atoms with Gasteiger partial charge in [0.2, 0.25) is 11.8 Å².